The van der Waals surface area contributed by atoms with Crippen LogP contribution in [-0.2, 0) is 9.36 Å². The van der Waals surface area contributed by atoms with Crippen LogP contribution in [0.5, 0.6) is 11.5 Å². The molecule has 0 heterocycles. The first-order valence-corrected chi connectivity index (χ1v) is 9.55. The lowest BCUT2D eigenvalue weighted by Gasteiger charge is -2.22. The molecule has 2 N–H and O–H groups in total. The highest BCUT2D eigenvalue weighted by atomic mass is 79.9. The summed E-state index contributed by atoms with van der Waals surface area (Å²) in [6.45, 7) is 0.988. The third-order valence-corrected chi connectivity index (χ3v) is 5.25. The summed E-state index contributed by atoms with van der Waals surface area (Å²) >= 11 is 3.11. The lowest BCUT2D eigenvalue weighted by molar-refractivity contribution is -0.138. The van der Waals surface area contributed by atoms with E-state index >= 15 is 0 Å². The molecule has 0 amide bonds. The standard InChI is InChI=1S/C15H10BrF5NO5P/c1-6(15(23)24)22-28(25,26-8-4-2-7(16)3-5-8)27-14-12(20)10(18)9(17)11(19)13(14)21/h2-6H,1H3,(H,22,25)(H,23,24). The van der Waals surface area contributed by atoms with Gasteiger partial charge >= 0.3 is 13.7 Å². The van der Waals surface area contributed by atoms with Gasteiger partial charge < -0.3 is 14.2 Å². The van der Waals surface area contributed by atoms with Crippen molar-refractivity contribution in [3.63, 3.8) is 0 Å². The number of hydrogen-bond donors (Lipinski definition) is 2. The Morgan fingerprint density at radius 3 is 1.93 bits per heavy atom. The minimum atomic E-state index is -4.98. The predicted octanol–water partition coefficient (Wildman–Crippen LogP) is 4.77. The maximum atomic E-state index is 13.8. The average molecular weight is 490 g/mol. The minimum absolute atomic E-state index is 0.208. The van der Waals surface area contributed by atoms with Crippen LogP contribution >= 0.6 is 23.7 Å². The van der Waals surface area contributed by atoms with Crippen molar-refractivity contribution in [2.45, 2.75) is 13.0 Å². The summed E-state index contributed by atoms with van der Waals surface area (Å²) in [4.78, 5) is 11.0. The first-order valence-electron chi connectivity index (χ1n) is 7.22. The molecule has 2 rings (SSSR count). The summed E-state index contributed by atoms with van der Waals surface area (Å²) in [5.41, 5.74) is 0. The van der Waals surface area contributed by atoms with Crippen molar-refractivity contribution in [2.24, 2.45) is 0 Å². The zero-order chi connectivity index (χ0) is 21.2. The van der Waals surface area contributed by atoms with Crippen molar-refractivity contribution >= 4 is 29.6 Å². The SMILES string of the molecule is CC(NP(=O)(Oc1ccc(Br)cc1)Oc1c(F)c(F)c(F)c(F)c1F)C(=O)O. The fourth-order valence-electron chi connectivity index (χ4n) is 1.78. The number of halogens is 6. The Hall–Kier alpha value is -2.17. The Morgan fingerprint density at radius 1 is 1.00 bits per heavy atom. The molecule has 0 saturated heterocycles. The highest BCUT2D eigenvalue weighted by Crippen LogP contribution is 2.47. The van der Waals surface area contributed by atoms with Gasteiger partial charge in [0.1, 0.15) is 11.8 Å². The van der Waals surface area contributed by atoms with Gasteiger partial charge in [0.05, 0.1) is 0 Å². The highest BCUT2D eigenvalue weighted by Gasteiger charge is 2.37. The Balaban J connectivity index is 2.50. The van der Waals surface area contributed by atoms with Crippen molar-refractivity contribution in [1.82, 2.24) is 5.09 Å². The number of hydrogen-bond acceptors (Lipinski definition) is 4. The van der Waals surface area contributed by atoms with Crippen molar-refractivity contribution in [3.8, 4) is 11.5 Å². The van der Waals surface area contributed by atoms with Gasteiger partial charge in [-0.2, -0.15) is 13.9 Å². The van der Waals surface area contributed by atoms with Gasteiger partial charge in [0.25, 0.3) is 0 Å². The lowest BCUT2D eigenvalue weighted by atomic mass is 10.3. The van der Waals surface area contributed by atoms with Crippen LogP contribution in [0.25, 0.3) is 0 Å². The Morgan fingerprint density at radius 2 is 1.46 bits per heavy atom. The van der Waals surface area contributed by atoms with Gasteiger partial charge in [0, 0.05) is 4.47 Å². The van der Waals surface area contributed by atoms with Crippen LogP contribution in [0, 0.1) is 29.1 Å². The maximum absolute atomic E-state index is 13.8. The molecule has 0 spiro atoms. The van der Waals surface area contributed by atoms with E-state index in [0.29, 0.717) is 4.47 Å². The van der Waals surface area contributed by atoms with Crippen molar-refractivity contribution in [2.75, 3.05) is 0 Å². The third kappa shape index (κ3) is 4.81. The number of carboxylic acid groups (broad SMARTS) is 1. The summed E-state index contributed by atoms with van der Waals surface area (Å²) in [6.07, 6.45) is 0. The van der Waals surface area contributed by atoms with E-state index in [1.807, 2.05) is 5.09 Å². The number of carboxylic acids is 1. The van der Waals surface area contributed by atoms with Gasteiger partial charge in [-0.15, -0.1) is 0 Å². The van der Waals surface area contributed by atoms with Crippen LogP contribution in [0.2, 0.25) is 0 Å². The molecule has 2 aromatic carbocycles. The van der Waals surface area contributed by atoms with Crippen LogP contribution in [0.4, 0.5) is 22.0 Å². The number of benzene rings is 2. The van der Waals surface area contributed by atoms with E-state index in [-0.39, 0.29) is 5.75 Å². The topological polar surface area (TPSA) is 84.9 Å². The van der Waals surface area contributed by atoms with Crippen LogP contribution in [0.1, 0.15) is 6.92 Å². The first-order chi connectivity index (χ1) is 12.9. The maximum Gasteiger partial charge on any atom is 0.513 e. The van der Waals surface area contributed by atoms with E-state index in [2.05, 4.69) is 20.5 Å². The summed E-state index contributed by atoms with van der Waals surface area (Å²) in [5.74, 6) is -15.6. The smallest absolute Gasteiger partial charge is 0.480 e. The number of aliphatic carboxylic acids is 1. The van der Waals surface area contributed by atoms with Gasteiger partial charge in [-0.25, -0.2) is 17.7 Å². The zero-order valence-corrected chi connectivity index (χ0v) is 16.2. The van der Waals surface area contributed by atoms with Crippen molar-refractivity contribution in [3.05, 3.63) is 57.8 Å². The van der Waals surface area contributed by atoms with Crippen LogP contribution in [-0.4, -0.2) is 17.1 Å². The van der Waals surface area contributed by atoms with E-state index in [9.17, 15) is 31.3 Å². The molecule has 0 bridgehead atoms. The zero-order valence-electron chi connectivity index (χ0n) is 13.7. The van der Waals surface area contributed by atoms with E-state index < -0.39 is 54.6 Å². The molecule has 6 nitrogen and oxygen atoms in total. The second-order valence-corrected chi connectivity index (χ2v) is 7.76. The van der Waals surface area contributed by atoms with Gasteiger partial charge in [0.2, 0.25) is 34.8 Å². The molecule has 2 unspecified atom stereocenters. The van der Waals surface area contributed by atoms with Crippen molar-refractivity contribution < 1.29 is 45.5 Å². The number of nitrogens with one attached hydrogen (secondary N) is 1. The first kappa shape index (κ1) is 22.1. The average Bonchev–Trinajstić information content (AvgIpc) is 2.64. The van der Waals surface area contributed by atoms with Crippen LogP contribution in [0.15, 0.2) is 28.7 Å². The molecule has 152 valence electrons. The highest BCUT2D eigenvalue weighted by molar-refractivity contribution is 9.10. The fourth-order valence-corrected chi connectivity index (χ4v) is 3.57. The third-order valence-electron chi connectivity index (χ3n) is 3.14. The van der Waals surface area contributed by atoms with E-state index in [1.165, 1.54) is 24.3 Å². The monoisotopic (exact) mass is 489 g/mol. The molecule has 0 aromatic heterocycles. The Bertz CT molecular complexity index is 930. The number of carbonyl (C=O) groups is 1. The van der Waals surface area contributed by atoms with Gasteiger partial charge in [-0.05, 0) is 31.2 Å². The largest absolute Gasteiger partial charge is 0.513 e. The van der Waals surface area contributed by atoms with E-state index in [0.717, 1.165) is 6.92 Å². The van der Waals surface area contributed by atoms with Gasteiger partial charge in [-0.3, -0.25) is 4.79 Å². The van der Waals surface area contributed by atoms with Crippen molar-refractivity contribution in [1.29, 1.82) is 0 Å². The lowest BCUT2D eigenvalue weighted by Crippen LogP contribution is -2.34. The molecule has 0 aliphatic heterocycles. The number of rotatable bonds is 7. The summed E-state index contributed by atoms with van der Waals surface area (Å²) < 4.78 is 90.4. The second kappa shape index (κ2) is 8.46. The molecule has 2 atom stereocenters. The second-order valence-electron chi connectivity index (χ2n) is 5.22. The summed E-state index contributed by atoms with van der Waals surface area (Å²) in [5, 5.41) is 10.8. The van der Waals surface area contributed by atoms with Crippen LogP contribution < -0.4 is 14.1 Å². The summed E-state index contributed by atoms with van der Waals surface area (Å²) in [6, 6.07) is 3.65. The molecular formula is C15H10BrF5NO5P. The minimum Gasteiger partial charge on any atom is -0.480 e. The molecule has 0 saturated carbocycles. The normalized spacial score (nSPS) is 14.2. The molecule has 0 radical (unpaired) electrons. The fraction of sp³-hybridized carbons (Fsp3) is 0.133. The van der Waals surface area contributed by atoms with Gasteiger partial charge in [0.15, 0.2) is 0 Å². The molecule has 28 heavy (non-hydrogen) atoms. The van der Waals surface area contributed by atoms with Crippen LogP contribution in [0.3, 0.4) is 0 Å². The molecule has 13 heteroatoms. The molecular weight excluding hydrogens is 480 g/mol. The molecule has 0 aliphatic rings. The van der Waals surface area contributed by atoms with E-state index in [4.69, 9.17) is 9.63 Å². The Labute approximate surface area is 163 Å². The summed E-state index contributed by atoms with van der Waals surface area (Å²) in [7, 11) is -4.98. The molecule has 2 aromatic rings. The predicted molar refractivity (Wildman–Crippen MR) is 89.5 cm³/mol. The molecule has 0 fully saturated rings. The Kier molecular flexibility index (Phi) is 6.68. The van der Waals surface area contributed by atoms with E-state index in [1.54, 1.807) is 0 Å². The van der Waals surface area contributed by atoms with Gasteiger partial charge in [-0.1, -0.05) is 15.9 Å². The quantitative estimate of drug-likeness (QED) is 0.252. The molecule has 0 aliphatic carbocycles.